The topological polar surface area (TPSA) is 40.6 Å². The molecule has 0 aromatic rings. The maximum absolute atomic E-state index is 12.0. The van der Waals surface area contributed by atoms with Gasteiger partial charge in [0.05, 0.1) is 0 Å². The number of nitrogens with zero attached hydrogens (tertiary/aromatic N) is 2. The first kappa shape index (κ1) is 14.5. The summed E-state index contributed by atoms with van der Waals surface area (Å²) in [4.78, 5) is 16.6. The van der Waals surface area contributed by atoms with Crippen molar-refractivity contribution in [2.45, 2.75) is 38.6 Å². The van der Waals surface area contributed by atoms with E-state index in [1.165, 1.54) is 25.7 Å². The molecule has 2 aliphatic carbocycles. The van der Waals surface area contributed by atoms with Gasteiger partial charge < -0.3 is 4.90 Å². The molecule has 0 aromatic carbocycles. The van der Waals surface area contributed by atoms with Crippen molar-refractivity contribution in [2.75, 3.05) is 37.7 Å². The van der Waals surface area contributed by atoms with E-state index < -0.39 is 10.8 Å². The predicted octanol–water partition coefficient (Wildman–Crippen LogP) is 1.09. The fraction of sp³-hybridized carbons (Fsp3) is 0.933. The normalized spacial score (nSPS) is 35.5. The van der Waals surface area contributed by atoms with E-state index in [4.69, 9.17) is 0 Å². The number of amides is 1. The molecule has 20 heavy (non-hydrogen) atoms. The highest BCUT2D eigenvalue weighted by molar-refractivity contribution is 7.85. The molecule has 4 nitrogen and oxygen atoms in total. The van der Waals surface area contributed by atoms with Gasteiger partial charge >= 0.3 is 0 Å². The van der Waals surface area contributed by atoms with Crippen LogP contribution >= 0.6 is 0 Å². The second kappa shape index (κ2) is 6.14. The van der Waals surface area contributed by atoms with Crippen molar-refractivity contribution < 1.29 is 9.00 Å². The second-order valence-corrected chi connectivity index (χ2v) is 8.28. The monoisotopic (exact) mass is 298 g/mol. The Hall–Kier alpha value is -0.420. The highest BCUT2D eigenvalue weighted by Gasteiger charge is 2.42. The van der Waals surface area contributed by atoms with Crippen molar-refractivity contribution >= 4 is 16.7 Å². The molecule has 3 fully saturated rings. The van der Waals surface area contributed by atoms with Crippen LogP contribution in [0.1, 0.15) is 32.6 Å². The molecule has 2 saturated carbocycles. The molecule has 0 spiro atoms. The Morgan fingerprint density at radius 3 is 2.45 bits per heavy atom. The van der Waals surface area contributed by atoms with Gasteiger partial charge in [-0.05, 0) is 31.1 Å². The van der Waals surface area contributed by atoms with Crippen LogP contribution in [0.4, 0.5) is 0 Å². The predicted molar refractivity (Wildman–Crippen MR) is 80.9 cm³/mol. The molecule has 0 aromatic heterocycles. The average molecular weight is 298 g/mol. The average Bonchev–Trinajstić information content (AvgIpc) is 3.10. The summed E-state index contributed by atoms with van der Waals surface area (Å²) in [6.07, 6.45) is 5.70. The molecule has 0 N–H and O–H groups in total. The first-order valence-electron chi connectivity index (χ1n) is 8.04. The Balaban J connectivity index is 1.47. The van der Waals surface area contributed by atoms with Gasteiger partial charge in [-0.2, -0.15) is 0 Å². The van der Waals surface area contributed by atoms with E-state index in [0.29, 0.717) is 5.75 Å². The zero-order valence-corrected chi connectivity index (χ0v) is 13.2. The second-order valence-electron chi connectivity index (χ2n) is 6.53. The zero-order valence-electron chi connectivity index (χ0n) is 12.4. The lowest BCUT2D eigenvalue weighted by atomic mass is 9.93. The SMILES string of the molecule is CCS(=O)CC(=O)N1CCN(C2CC3CCC2C3)CC1. The Morgan fingerprint density at radius 2 is 1.90 bits per heavy atom. The van der Waals surface area contributed by atoms with E-state index in [2.05, 4.69) is 4.90 Å². The minimum Gasteiger partial charge on any atom is -0.339 e. The van der Waals surface area contributed by atoms with Gasteiger partial charge in [0.1, 0.15) is 5.75 Å². The minimum absolute atomic E-state index is 0.0813. The van der Waals surface area contributed by atoms with Gasteiger partial charge in [0.2, 0.25) is 5.91 Å². The Morgan fingerprint density at radius 1 is 1.15 bits per heavy atom. The summed E-state index contributed by atoms with van der Waals surface area (Å²) in [6, 6.07) is 0.788. The van der Waals surface area contributed by atoms with Crippen molar-refractivity contribution in [1.29, 1.82) is 0 Å². The molecule has 114 valence electrons. The molecule has 1 amide bonds. The number of fused-ring (bicyclic) bond motifs is 2. The smallest absolute Gasteiger partial charge is 0.235 e. The van der Waals surface area contributed by atoms with Gasteiger partial charge in [-0.1, -0.05) is 13.3 Å². The van der Waals surface area contributed by atoms with Gasteiger partial charge in [-0.25, -0.2) is 0 Å². The van der Waals surface area contributed by atoms with Crippen molar-refractivity contribution in [2.24, 2.45) is 11.8 Å². The van der Waals surface area contributed by atoms with Crippen LogP contribution in [0.3, 0.4) is 0 Å². The first-order valence-corrected chi connectivity index (χ1v) is 9.53. The first-order chi connectivity index (χ1) is 9.67. The lowest BCUT2D eigenvalue weighted by molar-refractivity contribution is -0.130. The molecular weight excluding hydrogens is 272 g/mol. The Kier molecular flexibility index (Phi) is 4.46. The lowest BCUT2D eigenvalue weighted by Gasteiger charge is -2.41. The van der Waals surface area contributed by atoms with Crippen LogP contribution in [0.2, 0.25) is 0 Å². The molecule has 4 unspecified atom stereocenters. The van der Waals surface area contributed by atoms with Crippen molar-refractivity contribution in [1.82, 2.24) is 9.80 Å². The van der Waals surface area contributed by atoms with Crippen molar-refractivity contribution in [3.8, 4) is 0 Å². The third-order valence-corrected chi connectivity index (χ3v) is 6.66. The summed E-state index contributed by atoms with van der Waals surface area (Å²) < 4.78 is 11.5. The summed E-state index contributed by atoms with van der Waals surface area (Å²) in [7, 11) is -0.976. The summed E-state index contributed by atoms with van der Waals surface area (Å²) in [5.74, 6) is 2.78. The van der Waals surface area contributed by atoms with Crippen LogP contribution in [-0.2, 0) is 15.6 Å². The van der Waals surface area contributed by atoms with Crippen LogP contribution in [-0.4, -0.2) is 63.6 Å². The van der Waals surface area contributed by atoms with Gasteiger partial charge in [0.15, 0.2) is 0 Å². The fourth-order valence-electron chi connectivity index (χ4n) is 4.29. The molecule has 1 heterocycles. The Bertz CT molecular complexity index is 393. The molecule has 5 heteroatoms. The maximum Gasteiger partial charge on any atom is 0.235 e. The fourth-order valence-corrected chi connectivity index (χ4v) is 4.95. The molecular formula is C15H26N2O2S. The third-order valence-electron chi connectivity index (χ3n) is 5.44. The minimum atomic E-state index is -0.976. The van der Waals surface area contributed by atoms with Crippen molar-refractivity contribution in [3.63, 3.8) is 0 Å². The van der Waals surface area contributed by atoms with E-state index in [1.54, 1.807) is 0 Å². The summed E-state index contributed by atoms with van der Waals surface area (Å²) in [6.45, 7) is 5.55. The number of rotatable bonds is 4. The van der Waals surface area contributed by atoms with Crippen LogP contribution in [0.15, 0.2) is 0 Å². The molecule has 4 atom stereocenters. The number of piperazine rings is 1. The number of carbonyl (C=O) groups is 1. The summed E-state index contributed by atoms with van der Waals surface area (Å²) in [5, 5.41) is 0. The molecule has 1 aliphatic heterocycles. The summed E-state index contributed by atoms with van der Waals surface area (Å²) in [5.41, 5.74) is 0. The van der Waals surface area contributed by atoms with E-state index >= 15 is 0 Å². The van der Waals surface area contributed by atoms with Gasteiger partial charge in [0.25, 0.3) is 0 Å². The highest BCUT2D eigenvalue weighted by atomic mass is 32.2. The van der Waals surface area contributed by atoms with E-state index in [0.717, 1.165) is 44.1 Å². The third kappa shape index (κ3) is 2.93. The van der Waals surface area contributed by atoms with Crippen LogP contribution in [0, 0.1) is 11.8 Å². The molecule has 2 bridgehead atoms. The van der Waals surface area contributed by atoms with Gasteiger partial charge in [0, 0.05) is 48.8 Å². The van der Waals surface area contributed by atoms with E-state index in [-0.39, 0.29) is 11.7 Å². The number of hydrogen-bond acceptors (Lipinski definition) is 3. The van der Waals surface area contributed by atoms with Gasteiger partial charge in [-0.15, -0.1) is 0 Å². The van der Waals surface area contributed by atoms with Gasteiger partial charge in [-0.3, -0.25) is 13.9 Å². The quantitative estimate of drug-likeness (QED) is 0.780. The molecule has 3 aliphatic rings. The Labute approximate surface area is 124 Å². The van der Waals surface area contributed by atoms with E-state index in [9.17, 15) is 9.00 Å². The highest BCUT2D eigenvalue weighted by Crippen LogP contribution is 2.46. The van der Waals surface area contributed by atoms with E-state index in [1.807, 2.05) is 11.8 Å². The number of hydrogen-bond donors (Lipinski definition) is 0. The van der Waals surface area contributed by atoms with Crippen LogP contribution in [0.5, 0.6) is 0 Å². The summed E-state index contributed by atoms with van der Waals surface area (Å²) >= 11 is 0. The number of carbonyl (C=O) groups excluding carboxylic acids is 1. The zero-order chi connectivity index (χ0) is 14.1. The van der Waals surface area contributed by atoms with Crippen LogP contribution < -0.4 is 0 Å². The van der Waals surface area contributed by atoms with Crippen molar-refractivity contribution in [3.05, 3.63) is 0 Å². The molecule has 0 radical (unpaired) electrons. The van der Waals surface area contributed by atoms with Crippen LogP contribution in [0.25, 0.3) is 0 Å². The molecule has 1 saturated heterocycles. The largest absolute Gasteiger partial charge is 0.339 e. The maximum atomic E-state index is 12.0. The standard InChI is InChI=1S/C15H26N2O2S/c1-2-20(19)11-15(18)17-7-5-16(6-8-17)14-10-12-3-4-13(14)9-12/h12-14H,2-11H2,1H3. The molecule has 3 rings (SSSR count). The lowest BCUT2D eigenvalue weighted by Crippen LogP contribution is -2.53.